The monoisotopic (exact) mass is 244 g/mol. The molecule has 1 aliphatic heterocycles. The van der Waals surface area contributed by atoms with Crippen LogP contribution in [0.15, 0.2) is 6.20 Å². The summed E-state index contributed by atoms with van der Waals surface area (Å²) < 4.78 is 0. The Labute approximate surface area is 96.1 Å². The van der Waals surface area contributed by atoms with Crippen LogP contribution in [0.5, 0.6) is 0 Å². The van der Waals surface area contributed by atoms with E-state index in [0.29, 0.717) is 10.4 Å². The van der Waals surface area contributed by atoms with Gasteiger partial charge in [-0.15, -0.1) is 0 Å². The number of aromatic carboxylic acids is 1. The van der Waals surface area contributed by atoms with Crippen molar-refractivity contribution in [3.05, 3.63) is 11.1 Å². The number of thioether (sulfide) groups is 1. The summed E-state index contributed by atoms with van der Waals surface area (Å²) in [5, 5.41) is 13.3. The quantitative estimate of drug-likeness (QED) is 0.849. The fourth-order valence-electron chi connectivity index (χ4n) is 1.46. The third-order valence-corrected chi connectivity index (χ3v) is 4.56. The van der Waals surface area contributed by atoms with Crippen LogP contribution in [0.3, 0.4) is 0 Å². The van der Waals surface area contributed by atoms with Crippen molar-refractivity contribution in [3.63, 3.8) is 0 Å². The Balaban J connectivity index is 1.84. The standard InChI is InChI=1S/C9H12N2O2S2/c12-8(13)7-5-11-9(15-7)10-4-6-2-1-3-14-6/h5-6H,1-4H2,(H,10,11)(H,12,13). The Bertz CT molecular complexity index is 348. The first-order chi connectivity index (χ1) is 7.25. The predicted octanol–water partition coefficient (Wildman–Crippen LogP) is 2.15. The highest BCUT2D eigenvalue weighted by Gasteiger charge is 2.16. The molecule has 4 nitrogen and oxygen atoms in total. The lowest BCUT2D eigenvalue weighted by Crippen LogP contribution is -2.13. The zero-order valence-electron chi connectivity index (χ0n) is 8.10. The highest BCUT2D eigenvalue weighted by molar-refractivity contribution is 8.00. The van der Waals surface area contributed by atoms with Crippen molar-refractivity contribution >= 4 is 34.2 Å². The summed E-state index contributed by atoms with van der Waals surface area (Å²) in [6.07, 6.45) is 3.93. The maximum Gasteiger partial charge on any atom is 0.347 e. The number of carbonyl (C=O) groups is 1. The van der Waals surface area contributed by atoms with E-state index in [1.807, 2.05) is 11.8 Å². The topological polar surface area (TPSA) is 62.2 Å². The number of nitrogens with zero attached hydrogens (tertiary/aromatic N) is 1. The Hall–Kier alpha value is -0.750. The van der Waals surface area contributed by atoms with E-state index in [1.54, 1.807) is 0 Å². The van der Waals surface area contributed by atoms with Crippen molar-refractivity contribution < 1.29 is 9.90 Å². The van der Waals surface area contributed by atoms with Crippen molar-refractivity contribution in [1.82, 2.24) is 4.98 Å². The molecular weight excluding hydrogens is 232 g/mol. The van der Waals surface area contributed by atoms with Crippen LogP contribution < -0.4 is 5.32 Å². The summed E-state index contributed by atoms with van der Waals surface area (Å²) in [6.45, 7) is 0.886. The minimum Gasteiger partial charge on any atom is -0.477 e. The van der Waals surface area contributed by atoms with E-state index < -0.39 is 5.97 Å². The zero-order valence-corrected chi connectivity index (χ0v) is 9.74. The number of thiazole rings is 1. The summed E-state index contributed by atoms with van der Waals surface area (Å²) in [7, 11) is 0. The van der Waals surface area contributed by atoms with E-state index in [0.717, 1.165) is 6.54 Å². The first-order valence-electron chi connectivity index (χ1n) is 4.80. The van der Waals surface area contributed by atoms with Crippen LogP contribution in [0.1, 0.15) is 22.5 Å². The van der Waals surface area contributed by atoms with Crippen LogP contribution in [0, 0.1) is 0 Å². The average Bonchev–Trinajstić information content (AvgIpc) is 2.86. The number of carboxylic acid groups (broad SMARTS) is 1. The molecule has 0 radical (unpaired) electrons. The van der Waals surface area contributed by atoms with Crippen molar-refractivity contribution in [2.45, 2.75) is 18.1 Å². The van der Waals surface area contributed by atoms with E-state index >= 15 is 0 Å². The number of hydrogen-bond acceptors (Lipinski definition) is 5. The third kappa shape index (κ3) is 2.85. The Morgan fingerprint density at radius 2 is 2.60 bits per heavy atom. The Kier molecular flexibility index (Phi) is 3.48. The van der Waals surface area contributed by atoms with E-state index in [1.165, 1.54) is 36.1 Å². The maximum atomic E-state index is 10.6. The van der Waals surface area contributed by atoms with Crippen molar-refractivity contribution in [2.75, 3.05) is 17.6 Å². The molecule has 0 amide bonds. The molecule has 1 unspecified atom stereocenters. The van der Waals surface area contributed by atoms with Crippen LogP contribution in [-0.4, -0.2) is 33.6 Å². The summed E-state index contributed by atoms with van der Waals surface area (Å²) >= 11 is 3.17. The molecule has 0 aromatic carbocycles. The smallest absolute Gasteiger partial charge is 0.347 e. The van der Waals surface area contributed by atoms with Gasteiger partial charge in [0.2, 0.25) is 0 Å². The fraction of sp³-hybridized carbons (Fsp3) is 0.556. The van der Waals surface area contributed by atoms with E-state index in [4.69, 9.17) is 5.11 Å². The minimum absolute atomic E-state index is 0.288. The highest BCUT2D eigenvalue weighted by atomic mass is 32.2. The van der Waals surface area contributed by atoms with E-state index in [2.05, 4.69) is 10.3 Å². The van der Waals surface area contributed by atoms with Gasteiger partial charge in [0.1, 0.15) is 4.88 Å². The largest absolute Gasteiger partial charge is 0.477 e. The Morgan fingerprint density at radius 3 is 3.20 bits per heavy atom. The lowest BCUT2D eigenvalue weighted by Gasteiger charge is -2.07. The summed E-state index contributed by atoms with van der Waals surface area (Å²) in [6, 6.07) is 0. The third-order valence-electron chi connectivity index (χ3n) is 2.22. The molecule has 1 aromatic heterocycles. The molecule has 6 heteroatoms. The fourth-order valence-corrected chi connectivity index (χ4v) is 3.32. The number of hydrogen-bond donors (Lipinski definition) is 2. The molecule has 1 aliphatic rings. The predicted molar refractivity (Wildman–Crippen MR) is 63.0 cm³/mol. The van der Waals surface area contributed by atoms with Gasteiger partial charge in [-0.25, -0.2) is 9.78 Å². The first-order valence-corrected chi connectivity index (χ1v) is 6.67. The van der Waals surface area contributed by atoms with Gasteiger partial charge in [0, 0.05) is 11.8 Å². The van der Waals surface area contributed by atoms with Gasteiger partial charge in [0.15, 0.2) is 5.13 Å². The van der Waals surface area contributed by atoms with Crippen LogP contribution >= 0.6 is 23.1 Å². The van der Waals surface area contributed by atoms with Crippen molar-refractivity contribution in [3.8, 4) is 0 Å². The average molecular weight is 244 g/mol. The minimum atomic E-state index is -0.907. The molecule has 1 fully saturated rings. The number of nitrogens with one attached hydrogen (secondary N) is 1. The SMILES string of the molecule is O=C(O)c1cnc(NCC2CCCS2)s1. The number of anilines is 1. The van der Waals surface area contributed by atoms with Gasteiger partial charge in [-0.05, 0) is 18.6 Å². The van der Waals surface area contributed by atoms with Gasteiger partial charge in [0.05, 0.1) is 6.20 Å². The van der Waals surface area contributed by atoms with Gasteiger partial charge in [0.25, 0.3) is 0 Å². The number of aromatic nitrogens is 1. The molecule has 0 aliphatic carbocycles. The van der Waals surface area contributed by atoms with Crippen LogP contribution in [0.4, 0.5) is 5.13 Å². The molecular formula is C9H12N2O2S2. The van der Waals surface area contributed by atoms with Gasteiger partial charge in [-0.3, -0.25) is 0 Å². The molecule has 82 valence electrons. The number of rotatable bonds is 4. The van der Waals surface area contributed by atoms with Gasteiger partial charge >= 0.3 is 5.97 Å². The molecule has 15 heavy (non-hydrogen) atoms. The van der Waals surface area contributed by atoms with Gasteiger partial charge in [-0.1, -0.05) is 11.3 Å². The molecule has 1 atom stereocenters. The molecule has 2 rings (SSSR count). The highest BCUT2D eigenvalue weighted by Crippen LogP contribution is 2.27. The second-order valence-corrected chi connectivity index (χ2v) is 5.79. The van der Waals surface area contributed by atoms with Crippen LogP contribution in [-0.2, 0) is 0 Å². The van der Waals surface area contributed by atoms with Crippen molar-refractivity contribution in [1.29, 1.82) is 0 Å². The molecule has 0 bridgehead atoms. The summed E-state index contributed by atoms with van der Waals surface area (Å²) in [5.74, 6) is 0.334. The summed E-state index contributed by atoms with van der Waals surface area (Å²) in [5.41, 5.74) is 0. The number of carboxylic acids is 1. The lowest BCUT2D eigenvalue weighted by atomic mass is 10.2. The molecule has 1 saturated heterocycles. The van der Waals surface area contributed by atoms with E-state index in [9.17, 15) is 4.79 Å². The van der Waals surface area contributed by atoms with Gasteiger partial charge < -0.3 is 10.4 Å². The van der Waals surface area contributed by atoms with Crippen molar-refractivity contribution in [2.24, 2.45) is 0 Å². The van der Waals surface area contributed by atoms with Crippen LogP contribution in [0.2, 0.25) is 0 Å². The van der Waals surface area contributed by atoms with E-state index in [-0.39, 0.29) is 4.88 Å². The lowest BCUT2D eigenvalue weighted by molar-refractivity contribution is 0.0702. The molecule has 1 aromatic rings. The maximum absolute atomic E-state index is 10.6. The zero-order chi connectivity index (χ0) is 10.7. The Morgan fingerprint density at radius 1 is 1.73 bits per heavy atom. The first kappa shape index (κ1) is 10.8. The molecule has 2 heterocycles. The normalized spacial score (nSPS) is 20.4. The van der Waals surface area contributed by atoms with Gasteiger partial charge in [-0.2, -0.15) is 11.8 Å². The van der Waals surface area contributed by atoms with Crippen LogP contribution in [0.25, 0.3) is 0 Å². The molecule has 0 saturated carbocycles. The summed E-state index contributed by atoms with van der Waals surface area (Å²) in [4.78, 5) is 14.9. The second kappa shape index (κ2) is 4.85. The molecule has 0 spiro atoms. The second-order valence-electron chi connectivity index (χ2n) is 3.35. The molecule has 2 N–H and O–H groups in total.